The smallest absolute Gasteiger partial charge is 0.293 e. The maximum Gasteiger partial charge on any atom is 0.293 e. The summed E-state index contributed by atoms with van der Waals surface area (Å²) in [6, 6.07) is 8.70. The maximum atomic E-state index is 13.6. The number of nitro benzene ring substituents is 1. The standard InChI is InChI=1S/C22H19FN4O3S/c1-2-10-26-18-9-7-16(23)14-20(18)31-22(26)24-21(28)15-6-8-17(19(13-15)27(29)30)25-11-4-3-5-12-25/h1,6-9,13-14H,3-5,10-12H2. The zero-order valence-electron chi connectivity index (χ0n) is 16.6. The molecule has 1 fully saturated rings. The maximum absolute atomic E-state index is 13.6. The third-order valence-corrected chi connectivity index (χ3v) is 6.25. The normalized spacial score (nSPS) is 14.6. The number of aromatic nitrogens is 1. The number of terminal acetylenes is 1. The summed E-state index contributed by atoms with van der Waals surface area (Å²) in [6.45, 7) is 1.66. The number of nitro groups is 1. The summed E-state index contributed by atoms with van der Waals surface area (Å²) in [5.41, 5.74) is 1.18. The summed E-state index contributed by atoms with van der Waals surface area (Å²) < 4.78 is 15.8. The third kappa shape index (κ3) is 4.20. The van der Waals surface area contributed by atoms with Gasteiger partial charge in [-0.15, -0.1) is 6.42 Å². The van der Waals surface area contributed by atoms with Crippen LogP contribution in [0.2, 0.25) is 0 Å². The topological polar surface area (TPSA) is 80.7 Å². The SMILES string of the molecule is C#CCn1c(=NC(=O)c2ccc(N3CCCCC3)c([N+](=O)[O-])c2)sc2cc(F)ccc21. The predicted molar refractivity (Wildman–Crippen MR) is 118 cm³/mol. The van der Waals surface area contributed by atoms with Gasteiger partial charge in [0.05, 0.1) is 21.7 Å². The third-order valence-electron chi connectivity index (χ3n) is 5.21. The van der Waals surface area contributed by atoms with E-state index in [-0.39, 0.29) is 17.8 Å². The Morgan fingerprint density at radius 3 is 2.71 bits per heavy atom. The predicted octanol–water partition coefficient (Wildman–Crippen LogP) is 4.11. The van der Waals surface area contributed by atoms with Gasteiger partial charge in [-0.25, -0.2) is 4.39 Å². The number of carbonyl (C=O) groups is 1. The number of halogens is 1. The van der Waals surface area contributed by atoms with Gasteiger partial charge in [0.15, 0.2) is 4.80 Å². The molecule has 1 saturated heterocycles. The molecular weight excluding hydrogens is 419 g/mol. The van der Waals surface area contributed by atoms with Crippen molar-refractivity contribution in [1.82, 2.24) is 4.57 Å². The molecule has 9 heteroatoms. The van der Waals surface area contributed by atoms with Crippen LogP contribution in [0.15, 0.2) is 41.4 Å². The molecule has 2 heterocycles. The first kappa shape index (κ1) is 20.8. The van der Waals surface area contributed by atoms with Gasteiger partial charge in [-0.1, -0.05) is 17.3 Å². The van der Waals surface area contributed by atoms with Gasteiger partial charge in [-0.2, -0.15) is 4.99 Å². The average Bonchev–Trinajstić information content (AvgIpc) is 3.10. The first-order valence-corrected chi connectivity index (χ1v) is 10.6. The van der Waals surface area contributed by atoms with Crippen molar-refractivity contribution < 1.29 is 14.1 Å². The van der Waals surface area contributed by atoms with Gasteiger partial charge in [0.2, 0.25) is 0 Å². The van der Waals surface area contributed by atoms with Crippen LogP contribution in [0.1, 0.15) is 29.6 Å². The van der Waals surface area contributed by atoms with E-state index in [1.807, 2.05) is 4.90 Å². The van der Waals surface area contributed by atoms with Crippen LogP contribution in [0.3, 0.4) is 0 Å². The van der Waals surface area contributed by atoms with Crippen LogP contribution in [0, 0.1) is 28.3 Å². The molecule has 1 aromatic heterocycles. The largest absolute Gasteiger partial charge is 0.366 e. The number of thiazole rings is 1. The molecule has 0 saturated carbocycles. The summed E-state index contributed by atoms with van der Waals surface area (Å²) in [7, 11) is 0. The summed E-state index contributed by atoms with van der Waals surface area (Å²) in [6.07, 6.45) is 8.52. The van der Waals surface area contributed by atoms with E-state index < -0.39 is 16.6 Å². The minimum Gasteiger partial charge on any atom is -0.366 e. The van der Waals surface area contributed by atoms with E-state index in [2.05, 4.69) is 10.9 Å². The van der Waals surface area contributed by atoms with Crippen molar-refractivity contribution in [2.24, 2.45) is 4.99 Å². The first-order valence-electron chi connectivity index (χ1n) is 9.83. The molecule has 0 aliphatic carbocycles. The molecular formula is C22H19FN4O3S. The van der Waals surface area contributed by atoms with E-state index in [1.165, 1.54) is 18.2 Å². The van der Waals surface area contributed by atoms with Gasteiger partial charge in [0.1, 0.15) is 11.5 Å². The highest BCUT2D eigenvalue weighted by atomic mass is 32.1. The summed E-state index contributed by atoms with van der Waals surface area (Å²) in [5.74, 6) is 1.49. The first-order chi connectivity index (χ1) is 15.0. The lowest BCUT2D eigenvalue weighted by molar-refractivity contribution is -0.384. The molecule has 0 N–H and O–H groups in total. The highest BCUT2D eigenvalue weighted by Crippen LogP contribution is 2.31. The molecule has 1 aliphatic rings. The fraction of sp³-hybridized carbons (Fsp3) is 0.273. The molecule has 0 radical (unpaired) electrons. The monoisotopic (exact) mass is 438 g/mol. The average molecular weight is 438 g/mol. The van der Waals surface area contributed by atoms with Crippen LogP contribution >= 0.6 is 11.3 Å². The van der Waals surface area contributed by atoms with Gasteiger partial charge in [0.25, 0.3) is 11.6 Å². The number of fused-ring (bicyclic) bond motifs is 1. The van der Waals surface area contributed by atoms with E-state index in [0.717, 1.165) is 43.7 Å². The Morgan fingerprint density at radius 1 is 1.23 bits per heavy atom. The quantitative estimate of drug-likeness (QED) is 0.349. The van der Waals surface area contributed by atoms with Crippen LogP contribution < -0.4 is 9.70 Å². The summed E-state index contributed by atoms with van der Waals surface area (Å²) in [4.78, 5) is 30.5. The molecule has 0 atom stereocenters. The van der Waals surface area contributed by atoms with Gasteiger partial charge in [-0.3, -0.25) is 14.9 Å². The van der Waals surface area contributed by atoms with Gasteiger partial charge in [0, 0.05) is 24.7 Å². The zero-order valence-corrected chi connectivity index (χ0v) is 17.4. The second-order valence-electron chi connectivity index (χ2n) is 7.21. The Balaban J connectivity index is 1.75. The minimum atomic E-state index is -0.619. The number of benzene rings is 2. The van der Waals surface area contributed by atoms with Crippen molar-refractivity contribution in [2.45, 2.75) is 25.8 Å². The van der Waals surface area contributed by atoms with Gasteiger partial charge >= 0.3 is 0 Å². The molecule has 158 valence electrons. The lowest BCUT2D eigenvalue weighted by atomic mass is 10.1. The summed E-state index contributed by atoms with van der Waals surface area (Å²) in [5, 5.41) is 11.7. The van der Waals surface area contributed by atoms with E-state index in [1.54, 1.807) is 22.8 Å². The number of rotatable bonds is 4. The Bertz CT molecular complexity index is 1280. The van der Waals surface area contributed by atoms with Crippen LogP contribution in [-0.2, 0) is 6.54 Å². The van der Waals surface area contributed by atoms with Crippen molar-refractivity contribution >= 4 is 38.8 Å². The molecule has 1 amide bonds. The molecule has 0 unspecified atom stereocenters. The summed E-state index contributed by atoms with van der Waals surface area (Å²) >= 11 is 1.14. The van der Waals surface area contributed by atoms with Crippen molar-refractivity contribution in [3.63, 3.8) is 0 Å². The van der Waals surface area contributed by atoms with Crippen LogP contribution in [0.5, 0.6) is 0 Å². The fourth-order valence-electron chi connectivity index (χ4n) is 3.73. The number of hydrogen-bond donors (Lipinski definition) is 0. The number of hydrogen-bond acceptors (Lipinski definition) is 5. The second-order valence-corrected chi connectivity index (χ2v) is 8.22. The van der Waals surface area contributed by atoms with E-state index in [9.17, 15) is 19.3 Å². The Hall–Kier alpha value is -3.51. The van der Waals surface area contributed by atoms with Crippen molar-refractivity contribution in [3.05, 3.63) is 62.7 Å². The van der Waals surface area contributed by atoms with Gasteiger partial charge in [-0.05, 0) is 49.6 Å². The molecule has 0 spiro atoms. The van der Waals surface area contributed by atoms with Crippen LogP contribution in [0.4, 0.5) is 15.8 Å². The number of carbonyl (C=O) groups excluding carboxylic acids is 1. The van der Waals surface area contributed by atoms with Crippen molar-refractivity contribution in [1.29, 1.82) is 0 Å². The van der Waals surface area contributed by atoms with E-state index in [4.69, 9.17) is 6.42 Å². The second kappa shape index (κ2) is 8.70. The van der Waals surface area contributed by atoms with Crippen molar-refractivity contribution in [3.8, 4) is 12.3 Å². The number of piperidine rings is 1. The van der Waals surface area contributed by atoms with Crippen LogP contribution in [-0.4, -0.2) is 28.5 Å². The minimum absolute atomic E-state index is 0.113. The molecule has 31 heavy (non-hydrogen) atoms. The highest BCUT2D eigenvalue weighted by Gasteiger charge is 2.23. The van der Waals surface area contributed by atoms with Gasteiger partial charge < -0.3 is 9.47 Å². The van der Waals surface area contributed by atoms with Crippen LogP contribution in [0.25, 0.3) is 10.2 Å². The Morgan fingerprint density at radius 2 is 2.00 bits per heavy atom. The van der Waals surface area contributed by atoms with Crippen molar-refractivity contribution in [2.75, 3.05) is 18.0 Å². The lowest BCUT2D eigenvalue weighted by Gasteiger charge is -2.28. The fourth-order valence-corrected chi connectivity index (χ4v) is 4.79. The number of amides is 1. The molecule has 3 aromatic rings. The Labute approximate surface area is 181 Å². The lowest BCUT2D eigenvalue weighted by Crippen LogP contribution is -2.30. The molecule has 4 rings (SSSR count). The molecule has 0 bridgehead atoms. The number of nitrogens with zero attached hydrogens (tertiary/aromatic N) is 4. The molecule has 2 aromatic carbocycles. The van der Waals surface area contributed by atoms with E-state index >= 15 is 0 Å². The molecule has 1 aliphatic heterocycles. The molecule has 7 nitrogen and oxygen atoms in total. The zero-order chi connectivity index (χ0) is 22.0. The highest BCUT2D eigenvalue weighted by molar-refractivity contribution is 7.16. The number of anilines is 1. The van der Waals surface area contributed by atoms with E-state index in [0.29, 0.717) is 20.7 Å². The Kier molecular flexibility index (Phi) is 5.82.